The molecule has 0 saturated heterocycles. The maximum absolute atomic E-state index is 13.5. The highest BCUT2D eigenvalue weighted by Gasteiger charge is 2.46. The van der Waals surface area contributed by atoms with Crippen LogP contribution in [-0.4, -0.2) is 26.8 Å². The Bertz CT molecular complexity index is 403. The summed E-state index contributed by atoms with van der Waals surface area (Å²) in [4.78, 5) is 10.6. The summed E-state index contributed by atoms with van der Waals surface area (Å²) in [6.45, 7) is 0. The van der Waals surface area contributed by atoms with Crippen LogP contribution in [0.4, 0.5) is 8.78 Å². The molecular formula is C10H12F2N2O2. The number of halogens is 2. The van der Waals surface area contributed by atoms with E-state index in [1.165, 1.54) is 16.9 Å². The first-order chi connectivity index (χ1) is 7.50. The second kappa shape index (κ2) is 3.84. The number of rotatable bonds is 3. The van der Waals surface area contributed by atoms with Gasteiger partial charge in [0.1, 0.15) is 6.04 Å². The van der Waals surface area contributed by atoms with Crippen LogP contribution in [0, 0.1) is 0 Å². The molecule has 4 nitrogen and oxygen atoms in total. The second-order valence-corrected chi connectivity index (χ2v) is 4.01. The summed E-state index contributed by atoms with van der Waals surface area (Å²) in [6.07, 6.45) is 1.74. The Morgan fingerprint density at radius 1 is 1.69 bits per heavy atom. The topological polar surface area (TPSA) is 55.1 Å². The minimum atomic E-state index is -2.78. The van der Waals surface area contributed by atoms with Crippen LogP contribution in [0.5, 0.6) is 0 Å². The predicted molar refractivity (Wildman–Crippen MR) is 51.4 cm³/mol. The molecule has 1 aliphatic carbocycles. The number of alkyl halides is 2. The molecule has 1 fully saturated rings. The van der Waals surface area contributed by atoms with Gasteiger partial charge in [-0.05, 0) is 18.9 Å². The molecule has 0 bridgehead atoms. The summed E-state index contributed by atoms with van der Waals surface area (Å²) < 4.78 is 28.1. The van der Waals surface area contributed by atoms with E-state index in [0.29, 0.717) is 18.5 Å². The molecule has 1 atom stereocenters. The standard InChI is InChI=1S/C10H12F2N2O2/c11-10(12)4-1-2-8(10)14-7(3-5-13-14)6-9(15)16/h3,5,8H,1-2,4,6H2,(H,15,16). The highest BCUT2D eigenvalue weighted by Crippen LogP contribution is 2.43. The molecule has 1 unspecified atom stereocenters. The van der Waals surface area contributed by atoms with E-state index in [-0.39, 0.29) is 12.8 Å². The van der Waals surface area contributed by atoms with E-state index >= 15 is 0 Å². The van der Waals surface area contributed by atoms with Gasteiger partial charge in [-0.25, -0.2) is 8.78 Å². The van der Waals surface area contributed by atoms with Crippen molar-refractivity contribution < 1.29 is 18.7 Å². The molecule has 1 aliphatic rings. The molecule has 1 aromatic rings. The molecule has 0 radical (unpaired) electrons. The van der Waals surface area contributed by atoms with E-state index in [4.69, 9.17) is 5.11 Å². The lowest BCUT2D eigenvalue weighted by molar-refractivity contribution is -0.136. The number of nitrogens with zero attached hydrogens (tertiary/aromatic N) is 2. The molecule has 1 aromatic heterocycles. The van der Waals surface area contributed by atoms with Crippen molar-refractivity contribution in [1.29, 1.82) is 0 Å². The number of carboxylic acids is 1. The van der Waals surface area contributed by atoms with Crippen LogP contribution in [-0.2, 0) is 11.2 Å². The normalized spacial score (nSPS) is 23.5. The Morgan fingerprint density at radius 3 is 3.00 bits per heavy atom. The number of hydrogen-bond donors (Lipinski definition) is 1. The molecule has 88 valence electrons. The fourth-order valence-corrected chi connectivity index (χ4v) is 2.13. The summed E-state index contributed by atoms with van der Waals surface area (Å²) in [6, 6.07) is 0.486. The minimum Gasteiger partial charge on any atom is -0.481 e. The smallest absolute Gasteiger partial charge is 0.309 e. The van der Waals surface area contributed by atoms with E-state index in [1.54, 1.807) is 0 Å². The van der Waals surface area contributed by atoms with E-state index < -0.39 is 17.9 Å². The third-order valence-electron chi connectivity index (χ3n) is 2.86. The Balaban J connectivity index is 2.26. The molecule has 0 aromatic carbocycles. The van der Waals surface area contributed by atoms with Crippen LogP contribution in [0.2, 0.25) is 0 Å². The van der Waals surface area contributed by atoms with Crippen LogP contribution in [0.25, 0.3) is 0 Å². The molecule has 1 N–H and O–H groups in total. The summed E-state index contributed by atoms with van der Waals surface area (Å²) in [7, 11) is 0. The quantitative estimate of drug-likeness (QED) is 0.862. The van der Waals surface area contributed by atoms with Crippen molar-refractivity contribution in [3.8, 4) is 0 Å². The average molecular weight is 230 g/mol. The van der Waals surface area contributed by atoms with E-state index in [1.807, 2.05) is 0 Å². The van der Waals surface area contributed by atoms with Gasteiger partial charge in [0, 0.05) is 12.6 Å². The average Bonchev–Trinajstić information content (AvgIpc) is 2.70. The van der Waals surface area contributed by atoms with Crippen molar-refractivity contribution in [2.75, 3.05) is 0 Å². The molecule has 0 spiro atoms. The Kier molecular flexibility index (Phi) is 2.65. The molecule has 6 heteroatoms. The fourth-order valence-electron chi connectivity index (χ4n) is 2.13. The van der Waals surface area contributed by atoms with E-state index in [9.17, 15) is 13.6 Å². The number of aromatic nitrogens is 2. The molecule has 1 saturated carbocycles. The maximum atomic E-state index is 13.5. The van der Waals surface area contributed by atoms with Gasteiger partial charge in [0.2, 0.25) is 0 Å². The van der Waals surface area contributed by atoms with Gasteiger partial charge >= 0.3 is 5.97 Å². The largest absolute Gasteiger partial charge is 0.481 e. The zero-order valence-electron chi connectivity index (χ0n) is 8.57. The highest BCUT2D eigenvalue weighted by molar-refractivity contribution is 5.69. The SMILES string of the molecule is O=C(O)Cc1ccnn1C1CCCC1(F)F. The molecule has 0 aliphatic heterocycles. The lowest BCUT2D eigenvalue weighted by atomic mass is 10.2. The van der Waals surface area contributed by atoms with Gasteiger partial charge in [-0.2, -0.15) is 5.10 Å². The molecular weight excluding hydrogens is 218 g/mol. The van der Waals surface area contributed by atoms with E-state index in [2.05, 4.69) is 5.10 Å². The van der Waals surface area contributed by atoms with Crippen molar-refractivity contribution in [3.05, 3.63) is 18.0 Å². The van der Waals surface area contributed by atoms with Crippen LogP contribution in [0.15, 0.2) is 12.3 Å². The predicted octanol–water partition coefficient (Wildman–Crippen LogP) is 1.87. The zero-order chi connectivity index (χ0) is 11.8. The highest BCUT2D eigenvalue weighted by atomic mass is 19.3. The summed E-state index contributed by atoms with van der Waals surface area (Å²) in [5.41, 5.74) is 0.332. The van der Waals surface area contributed by atoms with Gasteiger partial charge in [-0.15, -0.1) is 0 Å². The zero-order valence-corrected chi connectivity index (χ0v) is 8.57. The summed E-state index contributed by atoms with van der Waals surface area (Å²) in [5.74, 6) is -3.82. The molecule has 1 heterocycles. The van der Waals surface area contributed by atoms with E-state index in [0.717, 1.165) is 0 Å². The molecule has 16 heavy (non-hydrogen) atoms. The monoisotopic (exact) mass is 230 g/mol. The lowest BCUT2D eigenvalue weighted by Crippen LogP contribution is -2.27. The minimum absolute atomic E-state index is 0.149. The van der Waals surface area contributed by atoms with Crippen molar-refractivity contribution in [3.63, 3.8) is 0 Å². The Morgan fingerprint density at radius 2 is 2.44 bits per heavy atom. The van der Waals surface area contributed by atoms with Gasteiger partial charge in [0.25, 0.3) is 5.92 Å². The van der Waals surface area contributed by atoms with Crippen LogP contribution in [0.3, 0.4) is 0 Å². The van der Waals surface area contributed by atoms with Gasteiger partial charge in [0.15, 0.2) is 0 Å². The Labute approximate surface area is 90.9 Å². The van der Waals surface area contributed by atoms with Gasteiger partial charge in [-0.1, -0.05) is 0 Å². The van der Waals surface area contributed by atoms with Crippen LogP contribution in [0.1, 0.15) is 31.0 Å². The van der Waals surface area contributed by atoms with Crippen molar-refractivity contribution in [2.45, 2.75) is 37.6 Å². The maximum Gasteiger partial charge on any atom is 0.309 e. The fraction of sp³-hybridized carbons (Fsp3) is 0.600. The van der Waals surface area contributed by atoms with Crippen molar-refractivity contribution in [2.24, 2.45) is 0 Å². The summed E-state index contributed by atoms with van der Waals surface area (Å²) in [5, 5.41) is 12.5. The first-order valence-corrected chi connectivity index (χ1v) is 5.13. The lowest BCUT2D eigenvalue weighted by Gasteiger charge is -2.21. The van der Waals surface area contributed by atoms with Gasteiger partial charge in [0.05, 0.1) is 12.1 Å². The van der Waals surface area contributed by atoms with Crippen LogP contribution >= 0.6 is 0 Å². The second-order valence-electron chi connectivity index (χ2n) is 4.01. The first-order valence-electron chi connectivity index (χ1n) is 5.13. The van der Waals surface area contributed by atoms with Crippen molar-refractivity contribution >= 4 is 5.97 Å². The van der Waals surface area contributed by atoms with Crippen molar-refractivity contribution in [1.82, 2.24) is 9.78 Å². The number of hydrogen-bond acceptors (Lipinski definition) is 2. The third-order valence-corrected chi connectivity index (χ3v) is 2.86. The number of carbonyl (C=O) groups is 1. The van der Waals surface area contributed by atoms with Crippen LogP contribution < -0.4 is 0 Å². The van der Waals surface area contributed by atoms with Gasteiger partial charge in [-0.3, -0.25) is 9.48 Å². The number of aliphatic carboxylic acids is 1. The first kappa shape index (κ1) is 11.0. The number of carboxylic acid groups (broad SMARTS) is 1. The third kappa shape index (κ3) is 1.91. The summed E-state index contributed by atoms with van der Waals surface area (Å²) >= 11 is 0. The molecule has 0 amide bonds. The Hall–Kier alpha value is -1.46. The van der Waals surface area contributed by atoms with Gasteiger partial charge < -0.3 is 5.11 Å². The molecule has 2 rings (SSSR count).